The highest BCUT2D eigenvalue weighted by atomic mass is 19.3. The van der Waals surface area contributed by atoms with Crippen LogP contribution in [0.25, 0.3) is 11.1 Å². The molecule has 2 fully saturated rings. The third-order valence-corrected chi connectivity index (χ3v) is 11.8. The van der Waals surface area contributed by atoms with E-state index in [-0.39, 0.29) is 34.9 Å². The number of aromatic carboxylic acids is 1. The van der Waals surface area contributed by atoms with E-state index < -0.39 is 12.4 Å². The summed E-state index contributed by atoms with van der Waals surface area (Å²) < 4.78 is 33.1. The predicted molar refractivity (Wildman–Crippen MR) is 199 cm³/mol. The van der Waals surface area contributed by atoms with Crippen LogP contribution in [-0.2, 0) is 36.0 Å². The van der Waals surface area contributed by atoms with Gasteiger partial charge >= 0.3 is 5.97 Å². The summed E-state index contributed by atoms with van der Waals surface area (Å²) in [5.74, 6) is -0.0762. The van der Waals surface area contributed by atoms with Crippen molar-refractivity contribution in [3.05, 3.63) is 76.7 Å². The second kappa shape index (κ2) is 14.5. The van der Waals surface area contributed by atoms with E-state index in [0.29, 0.717) is 50.3 Å². The summed E-state index contributed by atoms with van der Waals surface area (Å²) in [6, 6.07) is 10.5. The number of nitrogens with zero attached hydrogens (tertiary/aromatic N) is 8. The number of aryl methyl sites for hydroxylation is 2. The topological polar surface area (TPSA) is 120 Å². The third-order valence-electron chi connectivity index (χ3n) is 11.8. The quantitative estimate of drug-likeness (QED) is 0.246. The van der Waals surface area contributed by atoms with Crippen LogP contribution >= 0.6 is 0 Å². The van der Waals surface area contributed by atoms with Crippen LogP contribution in [0.2, 0.25) is 0 Å². The highest BCUT2D eigenvalue weighted by molar-refractivity contribution is 5.88. The highest BCUT2D eigenvalue weighted by Crippen LogP contribution is 2.44. The van der Waals surface area contributed by atoms with E-state index >= 15 is 0 Å². The molecule has 284 valence electrons. The van der Waals surface area contributed by atoms with Crippen molar-refractivity contribution in [3.63, 3.8) is 0 Å². The van der Waals surface area contributed by atoms with Crippen molar-refractivity contribution >= 4 is 35.0 Å². The number of alkyl halides is 2. The number of fused-ring (bicyclic) bond motifs is 2. The molecule has 2 saturated heterocycles. The van der Waals surface area contributed by atoms with Crippen LogP contribution in [0.1, 0.15) is 84.2 Å². The number of anilines is 3. The normalized spacial score (nSPS) is 18.2. The maximum atomic E-state index is 14.7. The molecule has 4 aliphatic rings. The summed E-state index contributed by atoms with van der Waals surface area (Å²) in [5, 5.41) is 18.7. The van der Waals surface area contributed by atoms with Gasteiger partial charge in [0, 0.05) is 106 Å². The number of rotatable bonds is 7. The molecule has 0 bridgehead atoms. The zero-order valence-corrected chi connectivity index (χ0v) is 30.8. The van der Waals surface area contributed by atoms with E-state index in [2.05, 4.69) is 19.6 Å². The van der Waals surface area contributed by atoms with Gasteiger partial charge in [-0.3, -0.25) is 19.0 Å². The molecule has 2 amide bonds. The van der Waals surface area contributed by atoms with Crippen molar-refractivity contribution < 1.29 is 28.3 Å². The van der Waals surface area contributed by atoms with Gasteiger partial charge in [0.1, 0.15) is 0 Å². The number of benzene rings is 2. The van der Waals surface area contributed by atoms with Gasteiger partial charge in [-0.1, -0.05) is 0 Å². The van der Waals surface area contributed by atoms with E-state index in [1.807, 2.05) is 28.0 Å². The third kappa shape index (κ3) is 6.70. The lowest BCUT2D eigenvalue weighted by molar-refractivity contribution is -0.137. The van der Waals surface area contributed by atoms with Crippen molar-refractivity contribution in [3.8, 4) is 11.1 Å². The summed E-state index contributed by atoms with van der Waals surface area (Å²) in [5.41, 5.74) is 6.13. The average Bonchev–Trinajstić information content (AvgIpc) is 3.80. The molecule has 4 aromatic rings. The van der Waals surface area contributed by atoms with Crippen molar-refractivity contribution in [1.82, 2.24) is 29.4 Å². The first-order valence-electron chi connectivity index (χ1n) is 19.0. The van der Waals surface area contributed by atoms with Crippen LogP contribution in [0.3, 0.4) is 0 Å². The Morgan fingerprint density at radius 1 is 0.907 bits per heavy atom. The Kier molecular flexibility index (Phi) is 9.61. The Bertz CT molecular complexity index is 2060. The van der Waals surface area contributed by atoms with Gasteiger partial charge in [-0.2, -0.15) is 10.2 Å². The van der Waals surface area contributed by atoms with Crippen LogP contribution in [0, 0.1) is 5.92 Å². The molecule has 6 heterocycles. The van der Waals surface area contributed by atoms with E-state index in [0.717, 1.165) is 85.6 Å². The molecule has 12 nitrogen and oxygen atoms in total. The molecule has 0 radical (unpaired) electrons. The van der Waals surface area contributed by atoms with E-state index in [4.69, 9.17) is 5.10 Å². The molecule has 8 rings (SSSR count). The van der Waals surface area contributed by atoms with Gasteiger partial charge in [-0.15, -0.1) is 0 Å². The first-order chi connectivity index (χ1) is 26.0. The summed E-state index contributed by atoms with van der Waals surface area (Å²) >= 11 is 0. The summed E-state index contributed by atoms with van der Waals surface area (Å²) in [6.45, 7) is 5.95. The second-order valence-corrected chi connectivity index (χ2v) is 15.1. The van der Waals surface area contributed by atoms with Gasteiger partial charge in [0.2, 0.25) is 11.8 Å². The van der Waals surface area contributed by atoms with E-state index in [1.165, 1.54) is 0 Å². The smallest absolute Gasteiger partial charge is 0.335 e. The number of hydrogen-bond acceptors (Lipinski definition) is 7. The Labute approximate surface area is 312 Å². The van der Waals surface area contributed by atoms with Crippen molar-refractivity contribution in [2.45, 2.75) is 70.9 Å². The number of amides is 2. The summed E-state index contributed by atoms with van der Waals surface area (Å²) in [6.07, 6.45) is 5.96. The number of carbonyl (C=O) groups is 3. The Balaban J connectivity index is 1.00. The second-order valence-electron chi connectivity index (χ2n) is 15.1. The molecule has 54 heavy (non-hydrogen) atoms. The number of hydrogen-bond donors (Lipinski definition) is 1. The number of carboxylic acids is 1. The minimum absolute atomic E-state index is 0.00626. The molecule has 0 spiro atoms. The van der Waals surface area contributed by atoms with Gasteiger partial charge in [0.25, 0.3) is 6.43 Å². The van der Waals surface area contributed by atoms with E-state index in [1.54, 1.807) is 49.2 Å². The average molecular weight is 741 g/mol. The van der Waals surface area contributed by atoms with Crippen LogP contribution in [0.15, 0.2) is 48.8 Å². The molecule has 14 heteroatoms. The molecular weight excluding hydrogens is 694 g/mol. The van der Waals surface area contributed by atoms with Gasteiger partial charge in [0.15, 0.2) is 5.82 Å². The first kappa shape index (κ1) is 35.7. The molecule has 2 aromatic carbocycles. The molecule has 2 aromatic heterocycles. The lowest BCUT2D eigenvalue weighted by atomic mass is 9.92. The van der Waals surface area contributed by atoms with Crippen molar-refractivity contribution in [2.24, 2.45) is 13.0 Å². The van der Waals surface area contributed by atoms with E-state index in [9.17, 15) is 28.3 Å². The zero-order valence-electron chi connectivity index (χ0n) is 30.8. The summed E-state index contributed by atoms with van der Waals surface area (Å²) in [7, 11) is 1.77. The monoisotopic (exact) mass is 740 g/mol. The molecule has 0 aliphatic carbocycles. The number of aromatic nitrogens is 4. The van der Waals surface area contributed by atoms with Crippen LogP contribution in [-0.4, -0.2) is 91.5 Å². The number of carbonyl (C=O) groups excluding carboxylic acids is 2. The Hall–Kier alpha value is -5.27. The fourth-order valence-corrected chi connectivity index (χ4v) is 8.86. The number of likely N-dealkylation sites (tertiary alicyclic amines) is 1. The Morgan fingerprint density at radius 2 is 1.65 bits per heavy atom. The minimum atomic E-state index is -2.67. The fourth-order valence-electron chi connectivity index (χ4n) is 8.86. The van der Waals surface area contributed by atoms with Crippen molar-refractivity contribution in [2.75, 3.05) is 49.1 Å². The molecular formula is C40H46F2N8O4. The Morgan fingerprint density at radius 3 is 2.30 bits per heavy atom. The largest absolute Gasteiger partial charge is 0.478 e. The molecule has 0 saturated carbocycles. The SMILES string of the molecule is CC(=O)N1CCc2c(c(N3CCCc4cc(-c5cnn(C)c5)c(C(F)F)cc43)nn2C2CCN(C(=O)C3CCN(c4ccc(C(=O)O)cc4)CC3)CC2)C1. The first-order valence-corrected chi connectivity index (χ1v) is 19.0. The fraction of sp³-hybridized carbons (Fsp3) is 0.475. The molecule has 0 unspecified atom stereocenters. The van der Waals surface area contributed by atoms with Gasteiger partial charge in [-0.05, 0) is 86.1 Å². The maximum absolute atomic E-state index is 14.7. The van der Waals surface area contributed by atoms with Gasteiger partial charge in [-0.25, -0.2) is 13.6 Å². The molecule has 4 aliphatic heterocycles. The van der Waals surface area contributed by atoms with Crippen molar-refractivity contribution in [1.29, 1.82) is 0 Å². The maximum Gasteiger partial charge on any atom is 0.335 e. The lowest BCUT2D eigenvalue weighted by Crippen LogP contribution is -2.46. The van der Waals surface area contributed by atoms with Gasteiger partial charge < -0.3 is 24.7 Å². The zero-order chi connectivity index (χ0) is 37.7. The van der Waals surface area contributed by atoms with Crippen LogP contribution < -0.4 is 9.80 Å². The lowest BCUT2D eigenvalue weighted by Gasteiger charge is -2.38. The number of halogens is 2. The standard InChI is InChI=1S/C40H46F2N8O4/c1-25(51)48-19-13-35-34(24-48)38(49-14-3-4-28-20-32(29-22-43-45(2)23-29)33(37(41)42)21-36(28)49)44-50(35)31-11-17-47(18-12-31)39(52)26-9-15-46(16-10-26)30-7-5-27(6-8-30)40(53)54/h5-8,20-23,26,31,37H,3-4,9-19,24H2,1-2H3,(H,53,54). The predicted octanol–water partition coefficient (Wildman–Crippen LogP) is 5.99. The number of piperidine rings is 2. The molecule has 0 atom stereocenters. The number of carboxylic acid groups (broad SMARTS) is 1. The minimum Gasteiger partial charge on any atom is -0.478 e. The highest BCUT2D eigenvalue weighted by Gasteiger charge is 2.36. The molecule has 1 N–H and O–H groups in total. The van der Waals surface area contributed by atoms with Gasteiger partial charge in [0.05, 0.1) is 24.3 Å². The van der Waals surface area contributed by atoms with Crippen LogP contribution in [0.4, 0.5) is 26.0 Å². The summed E-state index contributed by atoms with van der Waals surface area (Å²) in [4.78, 5) is 45.7. The van der Waals surface area contributed by atoms with Crippen LogP contribution in [0.5, 0.6) is 0 Å².